The molecule has 1 unspecified atom stereocenters. The maximum Gasteiger partial charge on any atom is 0.156 e. The number of aromatic nitrogens is 3. The van der Waals surface area contributed by atoms with Gasteiger partial charge in [0.15, 0.2) is 5.82 Å². The van der Waals surface area contributed by atoms with Crippen molar-refractivity contribution in [1.82, 2.24) is 14.5 Å². The van der Waals surface area contributed by atoms with Crippen LogP contribution in [0.4, 0.5) is 5.82 Å². The van der Waals surface area contributed by atoms with Crippen molar-refractivity contribution in [1.29, 1.82) is 0 Å². The van der Waals surface area contributed by atoms with Crippen molar-refractivity contribution in [3.05, 3.63) is 18.6 Å². The van der Waals surface area contributed by atoms with Gasteiger partial charge in [0.1, 0.15) is 5.52 Å². The van der Waals surface area contributed by atoms with E-state index in [-0.39, 0.29) is 0 Å². The summed E-state index contributed by atoms with van der Waals surface area (Å²) in [6, 6.07) is 2.60. The number of rotatable bonds is 4. The summed E-state index contributed by atoms with van der Waals surface area (Å²) in [7, 11) is 2.02. The van der Waals surface area contributed by atoms with Crippen LogP contribution >= 0.6 is 0 Å². The summed E-state index contributed by atoms with van der Waals surface area (Å²) >= 11 is 0. The summed E-state index contributed by atoms with van der Waals surface area (Å²) in [6.07, 6.45) is 8.46. The summed E-state index contributed by atoms with van der Waals surface area (Å²) in [5.74, 6) is 1.04. The highest BCUT2D eigenvalue weighted by atomic mass is 15.2. The van der Waals surface area contributed by atoms with Gasteiger partial charge in [-0.2, -0.15) is 0 Å². The molecule has 0 spiro atoms. The van der Waals surface area contributed by atoms with Gasteiger partial charge in [0.2, 0.25) is 0 Å². The Hall–Kier alpha value is -1.62. The first-order valence-corrected chi connectivity index (χ1v) is 7.04. The minimum absolute atomic E-state index is 0.573. The van der Waals surface area contributed by atoms with Crippen molar-refractivity contribution >= 4 is 16.9 Å². The molecule has 1 saturated heterocycles. The standard InChI is InChI=1S/C14H21N5/c1-18-10-17-13-12(18)6-8-16-14(13)19-9-3-5-11(19)4-2-7-15/h6,8,10-11H,2-5,7,9,15H2,1H3. The largest absolute Gasteiger partial charge is 0.352 e. The number of nitrogens with two attached hydrogens (primary N) is 1. The number of hydrogen-bond donors (Lipinski definition) is 1. The predicted molar refractivity (Wildman–Crippen MR) is 77.2 cm³/mol. The molecule has 19 heavy (non-hydrogen) atoms. The third-order valence-corrected chi connectivity index (χ3v) is 4.01. The Morgan fingerprint density at radius 3 is 3.16 bits per heavy atom. The molecule has 3 rings (SSSR count). The Balaban J connectivity index is 1.94. The summed E-state index contributed by atoms with van der Waals surface area (Å²) in [5, 5.41) is 0. The van der Waals surface area contributed by atoms with Crippen LogP contribution in [-0.2, 0) is 7.05 Å². The zero-order chi connectivity index (χ0) is 13.2. The summed E-state index contributed by atoms with van der Waals surface area (Å²) in [4.78, 5) is 11.5. The minimum atomic E-state index is 0.573. The van der Waals surface area contributed by atoms with Crippen LogP contribution in [0.25, 0.3) is 11.0 Å². The topological polar surface area (TPSA) is 60.0 Å². The van der Waals surface area contributed by atoms with Crippen LogP contribution in [0, 0.1) is 0 Å². The summed E-state index contributed by atoms with van der Waals surface area (Å²) in [6.45, 7) is 1.85. The molecule has 1 aliphatic heterocycles. The van der Waals surface area contributed by atoms with E-state index in [4.69, 9.17) is 5.73 Å². The van der Waals surface area contributed by atoms with Crippen LogP contribution in [-0.4, -0.2) is 33.7 Å². The SMILES string of the molecule is Cn1cnc2c(N3CCCC3CCCN)nccc21. The normalized spacial score (nSPS) is 19.5. The second-order valence-electron chi connectivity index (χ2n) is 5.28. The van der Waals surface area contributed by atoms with E-state index in [2.05, 4.69) is 14.9 Å². The summed E-state index contributed by atoms with van der Waals surface area (Å²) < 4.78 is 2.05. The molecule has 5 heteroatoms. The number of fused-ring (bicyclic) bond motifs is 1. The van der Waals surface area contributed by atoms with Gasteiger partial charge >= 0.3 is 0 Å². The van der Waals surface area contributed by atoms with Gasteiger partial charge < -0.3 is 15.2 Å². The van der Waals surface area contributed by atoms with Crippen molar-refractivity contribution in [3.63, 3.8) is 0 Å². The highest BCUT2D eigenvalue weighted by Crippen LogP contribution is 2.30. The quantitative estimate of drug-likeness (QED) is 0.907. The minimum Gasteiger partial charge on any atom is -0.352 e. The lowest BCUT2D eigenvalue weighted by atomic mass is 10.1. The van der Waals surface area contributed by atoms with Crippen LogP contribution in [0.1, 0.15) is 25.7 Å². The molecule has 1 aliphatic rings. The molecule has 2 N–H and O–H groups in total. The maximum atomic E-state index is 5.63. The average molecular weight is 259 g/mol. The fraction of sp³-hybridized carbons (Fsp3) is 0.571. The Kier molecular flexibility index (Phi) is 3.38. The first-order chi connectivity index (χ1) is 9.31. The monoisotopic (exact) mass is 259 g/mol. The molecule has 0 aromatic carbocycles. The van der Waals surface area contributed by atoms with Gasteiger partial charge in [-0.15, -0.1) is 0 Å². The van der Waals surface area contributed by atoms with Crippen LogP contribution in [0.3, 0.4) is 0 Å². The molecule has 0 saturated carbocycles. The van der Waals surface area contributed by atoms with Gasteiger partial charge in [0.25, 0.3) is 0 Å². The van der Waals surface area contributed by atoms with E-state index < -0.39 is 0 Å². The Labute approximate surface area is 113 Å². The van der Waals surface area contributed by atoms with Crippen molar-refractivity contribution in [3.8, 4) is 0 Å². The lowest BCUT2D eigenvalue weighted by molar-refractivity contribution is 0.583. The first-order valence-electron chi connectivity index (χ1n) is 7.04. The number of aryl methyl sites for hydroxylation is 1. The van der Waals surface area contributed by atoms with E-state index in [9.17, 15) is 0 Å². The lowest BCUT2D eigenvalue weighted by Crippen LogP contribution is -2.30. The molecule has 0 amide bonds. The Bertz CT molecular complexity index is 562. The zero-order valence-corrected chi connectivity index (χ0v) is 11.4. The van der Waals surface area contributed by atoms with Gasteiger partial charge in [-0.05, 0) is 38.3 Å². The molecule has 5 nitrogen and oxygen atoms in total. The molecule has 102 valence electrons. The van der Waals surface area contributed by atoms with E-state index in [1.807, 2.05) is 30.2 Å². The molecular weight excluding hydrogens is 238 g/mol. The number of hydrogen-bond acceptors (Lipinski definition) is 4. The van der Waals surface area contributed by atoms with Crippen molar-refractivity contribution in [2.24, 2.45) is 12.8 Å². The Morgan fingerprint density at radius 2 is 2.32 bits per heavy atom. The van der Waals surface area contributed by atoms with Crippen LogP contribution < -0.4 is 10.6 Å². The number of imidazole rings is 1. The van der Waals surface area contributed by atoms with Crippen molar-refractivity contribution in [2.45, 2.75) is 31.7 Å². The maximum absolute atomic E-state index is 5.63. The van der Waals surface area contributed by atoms with E-state index in [0.717, 1.165) is 42.8 Å². The lowest BCUT2D eigenvalue weighted by Gasteiger charge is -2.25. The molecule has 3 heterocycles. The van der Waals surface area contributed by atoms with Crippen molar-refractivity contribution in [2.75, 3.05) is 18.0 Å². The number of nitrogens with zero attached hydrogens (tertiary/aromatic N) is 4. The molecule has 1 atom stereocenters. The molecular formula is C14H21N5. The highest BCUT2D eigenvalue weighted by Gasteiger charge is 2.27. The van der Waals surface area contributed by atoms with Crippen LogP contribution in [0.15, 0.2) is 18.6 Å². The molecule has 1 fully saturated rings. The Morgan fingerprint density at radius 1 is 1.42 bits per heavy atom. The second-order valence-corrected chi connectivity index (χ2v) is 5.28. The van der Waals surface area contributed by atoms with Gasteiger partial charge in [0, 0.05) is 25.8 Å². The fourth-order valence-electron chi connectivity index (χ4n) is 3.03. The molecule has 0 bridgehead atoms. The van der Waals surface area contributed by atoms with Gasteiger partial charge in [-0.3, -0.25) is 0 Å². The van der Waals surface area contributed by atoms with Crippen LogP contribution in [0.2, 0.25) is 0 Å². The van der Waals surface area contributed by atoms with Gasteiger partial charge in [-0.25, -0.2) is 9.97 Å². The zero-order valence-electron chi connectivity index (χ0n) is 11.4. The predicted octanol–water partition coefficient (Wildman–Crippen LogP) is 1.68. The van der Waals surface area contributed by atoms with E-state index >= 15 is 0 Å². The smallest absolute Gasteiger partial charge is 0.156 e. The highest BCUT2D eigenvalue weighted by molar-refractivity contribution is 5.86. The average Bonchev–Trinajstić information content (AvgIpc) is 3.03. The van der Waals surface area contributed by atoms with Gasteiger partial charge in [0.05, 0.1) is 11.8 Å². The van der Waals surface area contributed by atoms with E-state index in [0.29, 0.717) is 6.04 Å². The number of anilines is 1. The van der Waals surface area contributed by atoms with Crippen molar-refractivity contribution < 1.29 is 0 Å². The molecule has 0 aliphatic carbocycles. The van der Waals surface area contributed by atoms with Gasteiger partial charge in [-0.1, -0.05) is 0 Å². The first kappa shape index (κ1) is 12.4. The molecule has 2 aromatic heterocycles. The number of pyridine rings is 1. The molecule has 2 aromatic rings. The molecule has 0 radical (unpaired) electrons. The third kappa shape index (κ3) is 2.18. The third-order valence-electron chi connectivity index (χ3n) is 4.01. The van der Waals surface area contributed by atoms with E-state index in [1.54, 1.807) is 0 Å². The van der Waals surface area contributed by atoms with E-state index in [1.165, 1.54) is 12.8 Å². The summed E-state index contributed by atoms with van der Waals surface area (Å²) in [5.41, 5.74) is 7.80. The van der Waals surface area contributed by atoms with Crippen LogP contribution in [0.5, 0.6) is 0 Å². The fourth-order valence-corrected chi connectivity index (χ4v) is 3.03. The second kappa shape index (κ2) is 5.17.